The molecule has 94 valence electrons. The van der Waals surface area contributed by atoms with E-state index in [4.69, 9.17) is 9.84 Å². The molecule has 1 saturated heterocycles. The van der Waals surface area contributed by atoms with Gasteiger partial charge in [-0.05, 0) is 25.0 Å². The van der Waals surface area contributed by atoms with Crippen molar-refractivity contribution in [2.75, 3.05) is 6.61 Å². The summed E-state index contributed by atoms with van der Waals surface area (Å²) in [5.74, 6) is -0.371. The quantitative estimate of drug-likeness (QED) is 0.880. The summed E-state index contributed by atoms with van der Waals surface area (Å²) in [5, 5.41) is 13.3. The molecule has 1 fully saturated rings. The van der Waals surface area contributed by atoms with E-state index in [1.54, 1.807) is 12.1 Å². The second-order valence-corrected chi connectivity index (χ2v) is 4.35. The van der Waals surface area contributed by atoms with Crippen molar-refractivity contribution in [3.63, 3.8) is 0 Å². The Labute approximate surface area is 103 Å². The zero-order valence-electron chi connectivity index (χ0n) is 9.74. The molecule has 6 heteroatoms. The highest BCUT2D eigenvalue weighted by molar-refractivity contribution is 5.86. The Morgan fingerprint density at radius 1 is 1.56 bits per heavy atom. The van der Waals surface area contributed by atoms with Crippen molar-refractivity contribution in [2.45, 2.75) is 25.4 Å². The minimum Gasteiger partial charge on any atom is -0.477 e. The molecule has 0 amide bonds. The summed E-state index contributed by atoms with van der Waals surface area (Å²) in [6.07, 6.45) is 2.89. The molecule has 0 aliphatic carbocycles. The first kappa shape index (κ1) is 11.2. The van der Waals surface area contributed by atoms with E-state index in [0.29, 0.717) is 17.9 Å². The summed E-state index contributed by atoms with van der Waals surface area (Å²) in [5.41, 5.74) is 0.682. The molecule has 3 heterocycles. The number of nitrogens with zero attached hydrogens (tertiary/aromatic N) is 3. The fourth-order valence-corrected chi connectivity index (χ4v) is 2.21. The van der Waals surface area contributed by atoms with Gasteiger partial charge < -0.3 is 9.84 Å². The number of fused-ring (bicyclic) bond motifs is 1. The smallest absolute Gasteiger partial charge is 0.354 e. The average molecular weight is 247 g/mol. The van der Waals surface area contributed by atoms with Crippen LogP contribution in [-0.4, -0.2) is 38.4 Å². The largest absolute Gasteiger partial charge is 0.477 e. The Balaban J connectivity index is 1.94. The molecule has 18 heavy (non-hydrogen) atoms. The fourth-order valence-electron chi connectivity index (χ4n) is 2.21. The second-order valence-electron chi connectivity index (χ2n) is 4.35. The molecule has 0 aromatic carbocycles. The predicted molar refractivity (Wildman–Crippen MR) is 62.6 cm³/mol. The van der Waals surface area contributed by atoms with Crippen LogP contribution in [0.15, 0.2) is 18.2 Å². The molecule has 2 aromatic heterocycles. The highest BCUT2D eigenvalue weighted by Gasteiger charge is 2.19. The number of carboxylic acid groups (broad SMARTS) is 1. The SMILES string of the molecule is O=C(O)c1cccc2nc(CC3CCCO3)nn12. The zero-order valence-corrected chi connectivity index (χ0v) is 9.74. The maximum absolute atomic E-state index is 11.1. The van der Waals surface area contributed by atoms with E-state index in [-0.39, 0.29) is 11.8 Å². The molecule has 0 bridgehead atoms. The lowest BCUT2D eigenvalue weighted by molar-refractivity contribution is 0.0687. The van der Waals surface area contributed by atoms with Crippen LogP contribution in [0.4, 0.5) is 0 Å². The lowest BCUT2D eigenvalue weighted by Crippen LogP contribution is -2.10. The van der Waals surface area contributed by atoms with Gasteiger partial charge in [0.25, 0.3) is 0 Å². The van der Waals surface area contributed by atoms with Crippen molar-refractivity contribution in [3.05, 3.63) is 29.7 Å². The van der Waals surface area contributed by atoms with Gasteiger partial charge >= 0.3 is 5.97 Å². The molecule has 6 nitrogen and oxygen atoms in total. The maximum atomic E-state index is 11.1. The number of hydrogen-bond acceptors (Lipinski definition) is 4. The van der Waals surface area contributed by atoms with Gasteiger partial charge in [0.1, 0.15) is 0 Å². The lowest BCUT2D eigenvalue weighted by Gasteiger charge is -2.04. The lowest BCUT2D eigenvalue weighted by atomic mass is 10.2. The number of rotatable bonds is 3. The van der Waals surface area contributed by atoms with Crippen molar-refractivity contribution < 1.29 is 14.6 Å². The second kappa shape index (κ2) is 4.38. The van der Waals surface area contributed by atoms with Gasteiger partial charge in [-0.2, -0.15) is 5.10 Å². The first-order chi connectivity index (χ1) is 8.74. The molecule has 1 aliphatic heterocycles. The highest BCUT2D eigenvalue weighted by atomic mass is 16.5. The third kappa shape index (κ3) is 1.95. The van der Waals surface area contributed by atoms with Crippen molar-refractivity contribution in [2.24, 2.45) is 0 Å². The molecule has 3 rings (SSSR count). The fraction of sp³-hybridized carbons (Fsp3) is 0.417. The van der Waals surface area contributed by atoms with Crippen LogP contribution in [0.25, 0.3) is 5.65 Å². The first-order valence-electron chi connectivity index (χ1n) is 5.93. The summed E-state index contributed by atoms with van der Waals surface area (Å²) in [6, 6.07) is 4.93. The minimum atomic E-state index is -1.01. The Hall–Kier alpha value is -1.95. The Morgan fingerprint density at radius 3 is 3.17 bits per heavy atom. The third-order valence-corrected chi connectivity index (χ3v) is 3.06. The van der Waals surface area contributed by atoms with Gasteiger partial charge in [0.2, 0.25) is 0 Å². The van der Waals surface area contributed by atoms with Crippen molar-refractivity contribution in [1.29, 1.82) is 0 Å². The van der Waals surface area contributed by atoms with Gasteiger partial charge in [-0.1, -0.05) is 6.07 Å². The molecule has 1 aliphatic rings. The van der Waals surface area contributed by atoms with E-state index in [9.17, 15) is 4.79 Å². The molecule has 2 aromatic rings. The van der Waals surface area contributed by atoms with Crippen LogP contribution in [0.3, 0.4) is 0 Å². The highest BCUT2D eigenvalue weighted by Crippen LogP contribution is 2.16. The van der Waals surface area contributed by atoms with Crippen LogP contribution < -0.4 is 0 Å². The van der Waals surface area contributed by atoms with Crippen LogP contribution in [0.1, 0.15) is 29.2 Å². The molecular weight excluding hydrogens is 234 g/mol. The summed E-state index contributed by atoms with van der Waals surface area (Å²) in [4.78, 5) is 15.4. The van der Waals surface area contributed by atoms with E-state index >= 15 is 0 Å². The van der Waals surface area contributed by atoms with E-state index in [1.807, 2.05) is 0 Å². The summed E-state index contributed by atoms with van der Waals surface area (Å²) in [6.45, 7) is 0.790. The topological polar surface area (TPSA) is 76.7 Å². The van der Waals surface area contributed by atoms with E-state index in [0.717, 1.165) is 19.4 Å². The zero-order chi connectivity index (χ0) is 12.5. The van der Waals surface area contributed by atoms with Crippen molar-refractivity contribution in [1.82, 2.24) is 14.6 Å². The van der Waals surface area contributed by atoms with Crippen molar-refractivity contribution in [3.8, 4) is 0 Å². The van der Waals surface area contributed by atoms with Gasteiger partial charge in [0.15, 0.2) is 17.2 Å². The molecule has 1 atom stereocenters. The van der Waals surface area contributed by atoms with Crippen LogP contribution in [0, 0.1) is 0 Å². The Morgan fingerprint density at radius 2 is 2.44 bits per heavy atom. The monoisotopic (exact) mass is 247 g/mol. The molecule has 1 N–H and O–H groups in total. The van der Waals surface area contributed by atoms with E-state index < -0.39 is 5.97 Å². The van der Waals surface area contributed by atoms with Crippen LogP contribution in [-0.2, 0) is 11.2 Å². The molecule has 0 saturated carbocycles. The third-order valence-electron chi connectivity index (χ3n) is 3.06. The minimum absolute atomic E-state index is 0.124. The number of aromatic carboxylic acids is 1. The normalized spacial score (nSPS) is 19.4. The van der Waals surface area contributed by atoms with Crippen LogP contribution >= 0.6 is 0 Å². The number of carboxylic acids is 1. The maximum Gasteiger partial charge on any atom is 0.354 e. The molecule has 0 radical (unpaired) electrons. The number of carbonyl (C=O) groups is 1. The summed E-state index contributed by atoms with van der Waals surface area (Å²) in [7, 11) is 0. The standard InChI is InChI=1S/C12H13N3O3/c16-12(17)9-4-1-5-11-13-10(14-15(9)11)7-8-3-2-6-18-8/h1,4-5,8H,2-3,6-7H2,(H,16,17). The molecule has 1 unspecified atom stereocenters. The van der Waals surface area contributed by atoms with Crippen LogP contribution in [0.5, 0.6) is 0 Å². The van der Waals surface area contributed by atoms with Crippen LogP contribution in [0.2, 0.25) is 0 Å². The molecule has 0 spiro atoms. The Kier molecular flexibility index (Phi) is 2.71. The average Bonchev–Trinajstić information content (AvgIpc) is 2.96. The number of hydrogen-bond donors (Lipinski definition) is 1. The summed E-state index contributed by atoms with van der Waals surface area (Å²) < 4.78 is 6.89. The van der Waals surface area contributed by atoms with Gasteiger partial charge in [-0.3, -0.25) is 0 Å². The molecular formula is C12H13N3O3. The van der Waals surface area contributed by atoms with E-state index in [2.05, 4.69) is 10.1 Å². The van der Waals surface area contributed by atoms with Gasteiger partial charge in [0, 0.05) is 13.0 Å². The van der Waals surface area contributed by atoms with Gasteiger partial charge in [-0.15, -0.1) is 0 Å². The van der Waals surface area contributed by atoms with Gasteiger partial charge in [0.05, 0.1) is 6.10 Å². The predicted octanol–water partition coefficient (Wildman–Crippen LogP) is 1.15. The first-order valence-corrected chi connectivity index (χ1v) is 5.93. The number of ether oxygens (including phenoxy) is 1. The number of aromatic nitrogens is 3. The van der Waals surface area contributed by atoms with E-state index in [1.165, 1.54) is 10.6 Å². The summed E-state index contributed by atoms with van der Waals surface area (Å²) >= 11 is 0. The van der Waals surface area contributed by atoms with Gasteiger partial charge in [-0.25, -0.2) is 14.3 Å². The Bertz CT molecular complexity index is 587. The van der Waals surface area contributed by atoms with Crippen molar-refractivity contribution >= 4 is 11.6 Å². The number of pyridine rings is 1.